The number of hydrogen-bond donors (Lipinski definition) is 1. The summed E-state index contributed by atoms with van der Waals surface area (Å²) in [5, 5.41) is 0.157. The van der Waals surface area contributed by atoms with Gasteiger partial charge in [-0.25, -0.2) is 13.2 Å². The van der Waals surface area contributed by atoms with Gasteiger partial charge < -0.3 is 9.47 Å². The van der Waals surface area contributed by atoms with Gasteiger partial charge in [0, 0.05) is 5.03 Å². The molecule has 0 amide bonds. The third-order valence-corrected chi connectivity index (χ3v) is 4.61. The molecular formula is C17H16ClNO5S. The molecule has 25 heavy (non-hydrogen) atoms. The van der Waals surface area contributed by atoms with Crippen LogP contribution in [0.3, 0.4) is 0 Å². The number of rotatable bonds is 7. The van der Waals surface area contributed by atoms with E-state index in [1.807, 2.05) is 0 Å². The number of esters is 1. The minimum Gasteiger partial charge on any atom is -0.497 e. The van der Waals surface area contributed by atoms with E-state index < -0.39 is 16.0 Å². The smallest absolute Gasteiger partial charge is 0.340 e. The fraction of sp³-hybridized carbons (Fsp3) is 0.118. The van der Waals surface area contributed by atoms with Crippen molar-refractivity contribution < 1.29 is 22.7 Å². The Morgan fingerprint density at radius 1 is 1.16 bits per heavy atom. The molecule has 0 fully saturated rings. The van der Waals surface area contributed by atoms with Crippen LogP contribution in [0.1, 0.15) is 10.4 Å². The van der Waals surface area contributed by atoms with E-state index in [9.17, 15) is 13.2 Å². The molecule has 0 aliphatic heterocycles. The first-order valence-electron chi connectivity index (χ1n) is 7.10. The van der Waals surface area contributed by atoms with Gasteiger partial charge in [0.05, 0.1) is 23.3 Å². The highest BCUT2D eigenvalue weighted by molar-refractivity contribution is 7.92. The van der Waals surface area contributed by atoms with Crippen molar-refractivity contribution in [1.82, 2.24) is 0 Å². The van der Waals surface area contributed by atoms with Crippen LogP contribution in [0.2, 0.25) is 0 Å². The fourth-order valence-corrected chi connectivity index (χ4v) is 3.06. The minimum absolute atomic E-state index is 0.0330. The first-order valence-corrected chi connectivity index (χ1v) is 8.96. The number of nitrogens with one attached hydrogen (secondary N) is 1. The maximum Gasteiger partial charge on any atom is 0.340 e. The summed E-state index contributed by atoms with van der Waals surface area (Å²) in [5.74, 6) is -0.181. The molecule has 1 N–H and O–H groups in total. The first kappa shape index (κ1) is 18.8. The third kappa shape index (κ3) is 4.98. The molecule has 2 aromatic rings. The molecule has 0 spiro atoms. The van der Waals surface area contributed by atoms with Crippen molar-refractivity contribution in [3.63, 3.8) is 0 Å². The van der Waals surface area contributed by atoms with Crippen LogP contribution in [-0.2, 0) is 14.8 Å². The summed E-state index contributed by atoms with van der Waals surface area (Å²) in [6.45, 7) is 3.26. The number of benzene rings is 2. The quantitative estimate of drug-likeness (QED) is 0.743. The second kappa shape index (κ2) is 8.04. The summed E-state index contributed by atoms with van der Waals surface area (Å²) in [6, 6.07) is 12.0. The van der Waals surface area contributed by atoms with Crippen molar-refractivity contribution in [3.05, 3.63) is 65.7 Å². The third-order valence-electron chi connectivity index (χ3n) is 3.12. The van der Waals surface area contributed by atoms with Crippen LogP contribution < -0.4 is 9.46 Å². The van der Waals surface area contributed by atoms with Gasteiger partial charge in [-0.05, 0) is 36.4 Å². The lowest BCUT2D eigenvalue weighted by molar-refractivity contribution is 0.0547. The number of carbonyl (C=O) groups is 1. The number of halogens is 1. The Labute approximate surface area is 151 Å². The van der Waals surface area contributed by atoms with Gasteiger partial charge in [0.15, 0.2) is 0 Å². The van der Waals surface area contributed by atoms with Crippen molar-refractivity contribution in [2.45, 2.75) is 4.90 Å². The van der Waals surface area contributed by atoms with Crippen molar-refractivity contribution in [2.24, 2.45) is 0 Å². The van der Waals surface area contributed by atoms with Crippen LogP contribution in [-0.4, -0.2) is 28.1 Å². The summed E-state index contributed by atoms with van der Waals surface area (Å²) < 4.78 is 37.4. The molecule has 0 saturated heterocycles. The molecule has 8 heteroatoms. The van der Waals surface area contributed by atoms with Gasteiger partial charge in [-0.2, -0.15) is 0 Å². The molecule has 0 bridgehead atoms. The predicted octanol–water partition coefficient (Wildman–Crippen LogP) is 3.41. The molecule has 0 aliphatic carbocycles. The Balaban J connectivity index is 2.26. The van der Waals surface area contributed by atoms with Crippen LogP contribution in [0.4, 0.5) is 5.69 Å². The number of hydrogen-bond acceptors (Lipinski definition) is 5. The number of para-hydroxylation sites is 1. The number of carbonyl (C=O) groups excluding carboxylic acids is 1. The van der Waals surface area contributed by atoms with Crippen LogP contribution in [0, 0.1) is 0 Å². The summed E-state index contributed by atoms with van der Waals surface area (Å²) in [5.41, 5.74) is 0.168. The van der Waals surface area contributed by atoms with E-state index in [0.717, 1.165) is 0 Å². The second-order valence-corrected chi connectivity index (χ2v) is 7.14. The van der Waals surface area contributed by atoms with Gasteiger partial charge in [0.25, 0.3) is 10.0 Å². The number of sulfonamides is 1. The van der Waals surface area contributed by atoms with Crippen LogP contribution >= 0.6 is 11.6 Å². The average molecular weight is 382 g/mol. The molecule has 0 unspecified atom stereocenters. The zero-order chi connectivity index (χ0) is 18.4. The highest BCUT2D eigenvalue weighted by atomic mass is 35.5. The summed E-state index contributed by atoms with van der Waals surface area (Å²) >= 11 is 5.57. The molecule has 6 nitrogen and oxygen atoms in total. The van der Waals surface area contributed by atoms with E-state index in [-0.39, 0.29) is 27.8 Å². The van der Waals surface area contributed by atoms with Crippen molar-refractivity contribution in [1.29, 1.82) is 0 Å². The van der Waals surface area contributed by atoms with Gasteiger partial charge in [0.1, 0.15) is 12.4 Å². The van der Waals surface area contributed by atoms with Gasteiger partial charge in [-0.15, -0.1) is 0 Å². The lowest BCUT2D eigenvalue weighted by atomic mass is 10.2. The normalized spacial score (nSPS) is 10.8. The molecular weight excluding hydrogens is 366 g/mol. The largest absolute Gasteiger partial charge is 0.497 e. The van der Waals surface area contributed by atoms with E-state index in [1.54, 1.807) is 12.1 Å². The Hall–Kier alpha value is -2.51. The van der Waals surface area contributed by atoms with Crippen LogP contribution in [0.25, 0.3) is 0 Å². The lowest BCUT2D eigenvalue weighted by Gasteiger charge is -2.12. The van der Waals surface area contributed by atoms with Crippen molar-refractivity contribution in [2.75, 3.05) is 18.4 Å². The van der Waals surface area contributed by atoms with E-state index in [0.29, 0.717) is 5.75 Å². The molecule has 0 radical (unpaired) electrons. The van der Waals surface area contributed by atoms with E-state index in [1.165, 1.54) is 43.5 Å². The highest BCUT2D eigenvalue weighted by Gasteiger charge is 2.19. The molecule has 0 atom stereocenters. The zero-order valence-corrected chi connectivity index (χ0v) is 14.9. The Bertz CT molecular complexity index is 878. The standard InChI is InChI=1S/C17H16ClNO5S/c1-12(18)11-24-17(20)15-5-3-4-6-16(15)19-25(21,22)14-9-7-13(23-2)8-10-14/h3-10,19H,1,11H2,2H3. The van der Waals surface area contributed by atoms with Crippen molar-refractivity contribution in [3.8, 4) is 5.75 Å². The molecule has 132 valence electrons. The number of methoxy groups -OCH3 is 1. The molecule has 0 aliphatic rings. The maximum absolute atomic E-state index is 12.5. The average Bonchev–Trinajstić information content (AvgIpc) is 2.60. The Kier molecular flexibility index (Phi) is 6.06. The zero-order valence-electron chi connectivity index (χ0n) is 13.4. The molecule has 2 aromatic carbocycles. The van der Waals surface area contributed by atoms with Crippen molar-refractivity contribution >= 4 is 33.3 Å². The summed E-state index contributed by atoms with van der Waals surface area (Å²) in [7, 11) is -2.40. The van der Waals surface area contributed by atoms with Gasteiger partial charge in [-0.3, -0.25) is 4.72 Å². The SMILES string of the molecule is C=C(Cl)COC(=O)c1ccccc1NS(=O)(=O)c1ccc(OC)cc1. The monoisotopic (exact) mass is 381 g/mol. The van der Waals surface area contributed by atoms with E-state index in [4.69, 9.17) is 21.1 Å². The Morgan fingerprint density at radius 2 is 1.80 bits per heavy atom. The maximum atomic E-state index is 12.5. The van der Waals surface area contributed by atoms with Crippen LogP contribution in [0.5, 0.6) is 5.75 Å². The molecule has 2 rings (SSSR count). The molecule has 0 aromatic heterocycles. The summed E-state index contributed by atoms with van der Waals surface area (Å²) in [4.78, 5) is 12.1. The number of ether oxygens (including phenoxy) is 2. The summed E-state index contributed by atoms with van der Waals surface area (Å²) in [6.07, 6.45) is 0. The predicted molar refractivity (Wildman–Crippen MR) is 95.5 cm³/mol. The Morgan fingerprint density at radius 3 is 2.40 bits per heavy atom. The van der Waals surface area contributed by atoms with Gasteiger partial charge >= 0.3 is 5.97 Å². The minimum atomic E-state index is -3.88. The van der Waals surface area contributed by atoms with E-state index in [2.05, 4.69) is 11.3 Å². The topological polar surface area (TPSA) is 81.7 Å². The fourth-order valence-electron chi connectivity index (χ4n) is 1.93. The highest BCUT2D eigenvalue weighted by Crippen LogP contribution is 2.22. The van der Waals surface area contributed by atoms with Crippen LogP contribution in [0.15, 0.2) is 65.0 Å². The molecule has 0 heterocycles. The lowest BCUT2D eigenvalue weighted by Crippen LogP contribution is -2.16. The van der Waals surface area contributed by atoms with E-state index >= 15 is 0 Å². The first-order chi connectivity index (χ1) is 11.8. The van der Waals surface area contributed by atoms with Gasteiger partial charge in [-0.1, -0.05) is 30.3 Å². The molecule has 0 saturated carbocycles. The second-order valence-electron chi connectivity index (χ2n) is 4.92. The number of anilines is 1. The van der Waals surface area contributed by atoms with Gasteiger partial charge in [0.2, 0.25) is 0 Å².